The molecule has 0 spiro atoms. The van der Waals surface area contributed by atoms with Crippen LogP contribution in [0.2, 0.25) is 0 Å². The topological polar surface area (TPSA) is 62.2 Å². The summed E-state index contributed by atoms with van der Waals surface area (Å²) in [6.07, 6.45) is 0. The van der Waals surface area contributed by atoms with Crippen molar-refractivity contribution < 1.29 is 4.79 Å². The Morgan fingerprint density at radius 1 is 1.55 bits per heavy atom. The molecule has 1 aromatic rings. The highest BCUT2D eigenvalue weighted by molar-refractivity contribution is 5.91. The lowest BCUT2D eigenvalue weighted by Crippen LogP contribution is -2.52. The van der Waals surface area contributed by atoms with Gasteiger partial charge in [-0.25, -0.2) is 0 Å². The fourth-order valence-electron chi connectivity index (χ4n) is 2.21. The number of hydrogen-bond donors (Lipinski definition) is 2. The van der Waals surface area contributed by atoms with Crippen LogP contribution in [0.15, 0.2) is 6.07 Å². The van der Waals surface area contributed by atoms with Crippen LogP contribution in [0.5, 0.6) is 0 Å². The molecular formula is C12H23Cl2N5O. The third-order valence-electron chi connectivity index (χ3n) is 3.26. The summed E-state index contributed by atoms with van der Waals surface area (Å²) in [5.74, 6) is 0.770. The maximum absolute atomic E-state index is 12.0. The van der Waals surface area contributed by atoms with Crippen molar-refractivity contribution in [3.05, 3.63) is 11.8 Å². The van der Waals surface area contributed by atoms with Gasteiger partial charge < -0.3 is 10.6 Å². The zero-order chi connectivity index (χ0) is 13.1. The Kier molecular flexibility index (Phi) is 8.12. The van der Waals surface area contributed by atoms with Gasteiger partial charge in [0.1, 0.15) is 5.82 Å². The third kappa shape index (κ3) is 4.94. The molecule has 6 nitrogen and oxygen atoms in total. The SMILES string of the molecule is Cc1cc(NC(=O)CN2CCNC[C@@H]2C)n(C)n1.Cl.Cl. The van der Waals surface area contributed by atoms with Crippen molar-refractivity contribution in [2.75, 3.05) is 31.5 Å². The molecule has 1 atom stereocenters. The summed E-state index contributed by atoms with van der Waals surface area (Å²) in [7, 11) is 1.83. The van der Waals surface area contributed by atoms with Crippen molar-refractivity contribution in [3.8, 4) is 0 Å². The number of anilines is 1. The number of amides is 1. The molecular weight excluding hydrogens is 301 g/mol. The quantitative estimate of drug-likeness (QED) is 0.864. The number of rotatable bonds is 3. The summed E-state index contributed by atoms with van der Waals surface area (Å²) in [4.78, 5) is 14.2. The average Bonchev–Trinajstić information content (AvgIpc) is 2.61. The second-order valence-electron chi connectivity index (χ2n) is 4.87. The normalized spacial score (nSPS) is 18.9. The van der Waals surface area contributed by atoms with E-state index in [9.17, 15) is 4.79 Å². The summed E-state index contributed by atoms with van der Waals surface area (Å²) in [6.45, 7) is 7.29. The van der Waals surface area contributed by atoms with E-state index in [2.05, 4.69) is 27.6 Å². The molecule has 116 valence electrons. The molecule has 2 heterocycles. The van der Waals surface area contributed by atoms with Gasteiger partial charge in [0.05, 0.1) is 12.2 Å². The van der Waals surface area contributed by atoms with Crippen LogP contribution < -0.4 is 10.6 Å². The molecule has 1 fully saturated rings. The van der Waals surface area contributed by atoms with Crippen LogP contribution in [0.25, 0.3) is 0 Å². The first-order chi connectivity index (χ1) is 8.56. The molecule has 1 aliphatic rings. The van der Waals surface area contributed by atoms with Gasteiger partial charge in [0.2, 0.25) is 5.91 Å². The van der Waals surface area contributed by atoms with E-state index in [0.29, 0.717) is 12.6 Å². The van der Waals surface area contributed by atoms with E-state index < -0.39 is 0 Å². The van der Waals surface area contributed by atoms with Crippen LogP contribution in [0, 0.1) is 6.92 Å². The number of aryl methyl sites for hydroxylation is 2. The largest absolute Gasteiger partial charge is 0.314 e. The predicted octanol–water partition coefficient (Wildman–Crippen LogP) is 0.804. The highest BCUT2D eigenvalue weighted by atomic mass is 35.5. The number of nitrogens with zero attached hydrogens (tertiary/aromatic N) is 3. The van der Waals surface area contributed by atoms with Gasteiger partial charge in [-0.2, -0.15) is 5.10 Å². The number of aromatic nitrogens is 2. The Morgan fingerprint density at radius 3 is 2.80 bits per heavy atom. The molecule has 1 saturated heterocycles. The van der Waals surface area contributed by atoms with Crippen LogP contribution in [0.3, 0.4) is 0 Å². The van der Waals surface area contributed by atoms with Crippen LogP contribution >= 0.6 is 24.8 Å². The van der Waals surface area contributed by atoms with Gasteiger partial charge in [0.25, 0.3) is 0 Å². The van der Waals surface area contributed by atoms with Crippen LogP contribution in [0.4, 0.5) is 5.82 Å². The summed E-state index contributed by atoms with van der Waals surface area (Å²) >= 11 is 0. The van der Waals surface area contributed by atoms with Crippen molar-refractivity contribution in [3.63, 3.8) is 0 Å². The molecule has 0 aliphatic carbocycles. The number of nitrogens with one attached hydrogen (secondary N) is 2. The van der Waals surface area contributed by atoms with E-state index in [1.54, 1.807) is 4.68 Å². The number of carbonyl (C=O) groups is 1. The van der Waals surface area contributed by atoms with E-state index in [-0.39, 0.29) is 30.7 Å². The average molecular weight is 324 g/mol. The molecule has 0 saturated carbocycles. The second kappa shape index (κ2) is 8.46. The standard InChI is InChI=1S/C12H21N5O.2ClH/c1-9-6-11(16(3)15-9)14-12(18)8-17-5-4-13-7-10(17)2;;/h6,10,13H,4-5,7-8H2,1-3H3,(H,14,18);2*1H/t10-;;/m0../s1. The highest BCUT2D eigenvalue weighted by Crippen LogP contribution is 2.08. The third-order valence-corrected chi connectivity index (χ3v) is 3.26. The van der Waals surface area contributed by atoms with Gasteiger partial charge in [0.15, 0.2) is 0 Å². The van der Waals surface area contributed by atoms with Gasteiger partial charge in [-0.3, -0.25) is 14.4 Å². The molecule has 2 N–H and O–H groups in total. The molecule has 20 heavy (non-hydrogen) atoms. The molecule has 0 bridgehead atoms. The van der Waals surface area contributed by atoms with Crippen LogP contribution in [-0.2, 0) is 11.8 Å². The molecule has 1 aromatic heterocycles. The molecule has 2 rings (SSSR count). The number of carbonyl (C=O) groups excluding carboxylic acids is 1. The van der Waals surface area contributed by atoms with E-state index in [4.69, 9.17) is 0 Å². The van der Waals surface area contributed by atoms with E-state index in [1.165, 1.54) is 0 Å². The van der Waals surface area contributed by atoms with Crippen LogP contribution in [0.1, 0.15) is 12.6 Å². The Balaban J connectivity index is 0.00000180. The minimum absolute atomic E-state index is 0. The maximum atomic E-state index is 12.0. The lowest BCUT2D eigenvalue weighted by molar-refractivity contribution is -0.118. The van der Waals surface area contributed by atoms with Crippen molar-refractivity contribution in [2.45, 2.75) is 19.9 Å². The summed E-state index contributed by atoms with van der Waals surface area (Å²) < 4.78 is 1.69. The summed E-state index contributed by atoms with van der Waals surface area (Å²) in [5.41, 5.74) is 0.906. The zero-order valence-electron chi connectivity index (χ0n) is 12.0. The minimum atomic E-state index is 0. The lowest BCUT2D eigenvalue weighted by atomic mass is 10.2. The van der Waals surface area contributed by atoms with Gasteiger partial charge in [-0.05, 0) is 13.8 Å². The summed E-state index contributed by atoms with van der Waals surface area (Å²) in [5, 5.41) is 10.4. The van der Waals surface area contributed by atoms with Gasteiger partial charge in [0, 0.05) is 38.8 Å². The lowest BCUT2D eigenvalue weighted by Gasteiger charge is -2.33. The fraction of sp³-hybridized carbons (Fsp3) is 0.667. The molecule has 0 aromatic carbocycles. The van der Waals surface area contributed by atoms with E-state index >= 15 is 0 Å². The van der Waals surface area contributed by atoms with Gasteiger partial charge >= 0.3 is 0 Å². The molecule has 1 amide bonds. The number of hydrogen-bond acceptors (Lipinski definition) is 4. The smallest absolute Gasteiger partial charge is 0.239 e. The fourth-order valence-corrected chi connectivity index (χ4v) is 2.21. The zero-order valence-corrected chi connectivity index (χ0v) is 13.7. The highest BCUT2D eigenvalue weighted by Gasteiger charge is 2.20. The molecule has 8 heteroatoms. The summed E-state index contributed by atoms with van der Waals surface area (Å²) in [6, 6.07) is 2.27. The Labute approximate surface area is 132 Å². The maximum Gasteiger partial charge on any atom is 0.239 e. The number of halogens is 2. The van der Waals surface area contributed by atoms with Crippen molar-refractivity contribution in [1.82, 2.24) is 20.0 Å². The Morgan fingerprint density at radius 2 is 2.25 bits per heavy atom. The second-order valence-corrected chi connectivity index (χ2v) is 4.87. The monoisotopic (exact) mass is 323 g/mol. The first-order valence-electron chi connectivity index (χ1n) is 6.31. The van der Waals surface area contributed by atoms with Crippen molar-refractivity contribution in [1.29, 1.82) is 0 Å². The van der Waals surface area contributed by atoms with E-state index in [0.717, 1.165) is 31.1 Å². The van der Waals surface area contributed by atoms with Crippen LogP contribution in [-0.4, -0.2) is 52.8 Å². The Bertz CT molecular complexity index is 437. The van der Waals surface area contributed by atoms with Crippen molar-refractivity contribution >= 4 is 36.5 Å². The first kappa shape index (κ1) is 19.2. The first-order valence-corrected chi connectivity index (χ1v) is 6.31. The molecule has 0 radical (unpaired) electrons. The van der Waals surface area contributed by atoms with E-state index in [1.807, 2.05) is 20.0 Å². The molecule has 1 aliphatic heterocycles. The molecule has 0 unspecified atom stereocenters. The minimum Gasteiger partial charge on any atom is -0.314 e. The van der Waals surface area contributed by atoms with Gasteiger partial charge in [-0.1, -0.05) is 0 Å². The number of piperazine rings is 1. The predicted molar refractivity (Wildman–Crippen MR) is 85.0 cm³/mol. The van der Waals surface area contributed by atoms with Crippen molar-refractivity contribution in [2.24, 2.45) is 7.05 Å². The van der Waals surface area contributed by atoms with Gasteiger partial charge in [-0.15, -0.1) is 24.8 Å². The Hall–Kier alpha value is -0.820.